The quantitative estimate of drug-likeness (QED) is 0.357. The molecule has 1 heterocycles. The minimum absolute atomic E-state index is 0.145. The summed E-state index contributed by atoms with van der Waals surface area (Å²) in [6.07, 6.45) is 1.53. The van der Waals surface area contributed by atoms with Gasteiger partial charge in [-0.15, -0.1) is 0 Å². The van der Waals surface area contributed by atoms with E-state index in [0.29, 0.717) is 35.3 Å². The minimum Gasteiger partial charge on any atom is -0.490 e. The lowest BCUT2D eigenvalue weighted by Crippen LogP contribution is -2.22. The molecule has 1 aliphatic rings. The van der Waals surface area contributed by atoms with Crippen LogP contribution in [-0.4, -0.2) is 18.5 Å². The molecule has 2 N–H and O–H groups in total. The van der Waals surface area contributed by atoms with Gasteiger partial charge >= 0.3 is 6.03 Å². The predicted octanol–water partition coefficient (Wildman–Crippen LogP) is 4.10. The Morgan fingerprint density at radius 3 is 2.48 bits per heavy atom. The molecule has 3 rings (SSSR count). The van der Waals surface area contributed by atoms with Crippen molar-refractivity contribution in [3.05, 3.63) is 61.8 Å². The van der Waals surface area contributed by atoms with Gasteiger partial charge in [0, 0.05) is 3.57 Å². The number of amides is 3. The number of ether oxygens (including phenoxy) is 2. The van der Waals surface area contributed by atoms with E-state index in [9.17, 15) is 9.59 Å². The molecular formula is C19H16ClIN2O4. The van der Waals surface area contributed by atoms with E-state index in [1.165, 1.54) is 6.08 Å². The van der Waals surface area contributed by atoms with Gasteiger partial charge in [-0.2, -0.15) is 0 Å². The average molecular weight is 499 g/mol. The van der Waals surface area contributed by atoms with E-state index >= 15 is 0 Å². The van der Waals surface area contributed by atoms with E-state index in [0.717, 1.165) is 9.13 Å². The second-order valence-corrected chi connectivity index (χ2v) is 7.30. The van der Waals surface area contributed by atoms with Gasteiger partial charge in [0.05, 0.1) is 11.6 Å². The molecule has 2 aromatic carbocycles. The van der Waals surface area contributed by atoms with Crippen LogP contribution in [0.5, 0.6) is 11.5 Å². The number of nitrogens with one attached hydrogen (secondary N) is 2. The maximum Gasteiger partial charge on any atom is 0.326 e. The van der Waals surface area contributed by atoms with Crippen LogP contribution in [0.4, 0.5) is 4.79 Å². The lowest BCUT2D eigenvalue weighted by molar-refractivity contribution is -0.115. The van der Waals surface area contributed by atoms with Crippen LogP contribution in [0.25, 0.3) is 6.08 Å². The van der Waals surface area contributed by atoms with Crippen LogP contribution in [0.1, 0.15) is 18.1 Å². The SMILES string of the molecule is CCOc1cc(/C=C2/NC(=O)NC2=O)cc(Cl)c1OCc1ccc(I)cc1. The molecule has 6 nitrogen and oxygen atoms in total. The fourth-order valence-corrected chi connectivity index (χ4v) is 3.09. The number of carbonyl (C=O) groups excluding carboxylic acids is 2. The number of hydrogen-bond donors (Lipinski definition) is 2. The van der Waals surface area contributed by atoms with Crippen molar-refractivity contribution in [2.75, 3.05) is 6.61 Å². The third-order valence-corrected chi connectivity index (χ3v) is 4.66. The van der Waals surface area contributed by atoms with Crippen LogP contribution >= 0.6 is 34.2 Å². The standard InChI is InChI=1S/C19H16ClIN2O4/c1-2-26-16-9-12(8-15-18(24)23-19(25)22-15)7-14(20)17(16)27-10-11-3-5-13(21)6-4-11/h3-9H,2,10H2,1H3,(H2,22,23,24,25)/b15-8+. The molecule has 140 valence electrons. The maximum atomic E-state index is 11.7. The number of halogens is 2. The number of benzene rings is 2. The summed E-state index contributed by atoms with van der Waals surface area (Å²) in [7, 11) is 0. The molecule has 0 saturated carbocycles. The Hall–Kier alpha value is -2.26. The minimum atomic E-state index is -0.556. The first-order chi connectivity index (χ1) is 13.0. The number of hydrogen-bond acceptors (Lipinski definition) is 4. The molecule has 0 bridgehead atoms. The Balaban J connectivity index is 1.85. The van der Waals surface area contributed by atoms with Gasteiger partial charge in [0.1, 0.15) is 12.3 Å². The van der Waals surface area contributed by atoms with E-state index in [4.69, 9.17) is 21.1 Å². The predicted molar refractivity (Wildman–Crippen MR) is 111 cm³/mol. The third kappa shape index (κ3) is 4.92. The lowest BCUT2D eigenvalue weighted by atomic mass is 10.1. The van der Waals surface area contributed by atoms with Gasteiger partial charge < -0.3 is 14.8 Å². The average Bonchev–Trinajstić information content (AvgIpc) is 2.93. The fraction of sp³-hybridized carbons (Fsp3) is 0.158. The second-order valence-electron chi connectivity index (χ2n) is 5.64. The summed E-state index contributed by atoms with van der Waals surface area (Å²) in [5.74, 6) is 0.402. The molecule has 0 radical (unpaired) electrons. The van der Waals surface area contributed by atoms with Crippen molar-refractivity contribution in [2.45, 2.75) is 13.5 Å². The Bertz CT molecular complexity index is 913. The summed E-state index contributed by atoms with van der Waals surface area (Å²) in [5.41, 5.74) is 1.76. The summed E-state index contributed by atoms with van der Waals surface area (Å²) in [4.78, 5) is 22.9. The monoisotopic (exact) mass is 498 g/mol. The highest BCUT2D eigenvalue weighted by molar-refractivity contribution is 14.1. The second kappa shape index (κ2) is 8.62. The Labute approximate surface area is 175 Å². The lowest BCUT2D eigenvalue weighted by Gasteiger charge is -2.15. The van der Waals surface area contributed by atoms with Crippen molar-refractivity contribution in [3.8, 4) is 11.5 Å². The van der Waals surface area contributed by atoms with Crippen LogP contribution < -0.4 is 20.1 Å². The molecule has 27 heavy (non-hydrogen) atoms. The fourth-order valence-electron chi connectivity index (χ4n) is 2.46. The van der Waals surface area contributed by atoms with Gasteiger partial charge in [-0.3, -0.25) is 10.1 Å². The van der Waals surface area contributed by atoms with E-state index < -0.39 is 11.9 Å². The smallest absolute Gasteiger partial charge is 0.326 e. The van der Waals surface area contributed by atoms with Crippen LogP contribution in [0.2, 0.25) is 5.02 Å². The van der Waals surface area contributed by atoms with Crippen molar-refractivity contribution in [3.63, 3.8) is 0 Å². The van der Waals surface area contributed by atoms with Gasteiger partial charge in [-0.25, -0.2) is 4.79 Å². The molecule has 1 aliphatic heterocycles. The first-order valence-electron chi connectivity index (χ1n) is 8.14. The molecular weight excluding hydrogens is 483 g/mol. The van der Waals surface area contributed by atoms with Gasteiger partial charge in [-0.1, -0.05) is 23.7 Å². The van der Waals surface area contributed by atoms with E-state index in [-0.39, 0.29) is 5.70 Å². The molecule has 0 aliphatic carbocycles. The van der Waals surface area contributed by atoms with Crippen molar-refractivity contribution in [1.82, 2.24) is 10.6 Å². The molecule has 0 spiro atoms. The van der Waals surface area contributed by atoms with Crippen molar-refractivity contribution < 1.29 is 19.1 Å². The van der Waals surface area contributed by atoms with Crippen LogP contribution in [0.3, 0.4) is 0 Å². The highest BCUT2D eigenvalue weighted by atomic mass is 127. The van der Waals surface area contributed by atoms with Crippen molar-refractivity contribution >= 4 is 52.2 Å². The number of imide groups is 1. The normalized spacial score (nSPS) is 14.9. The number of urea groups is 1. The van der Waals surface area contributed by atoms with E-state index in [1.807, 2.05) is 31.2 Å². The maximum absolute atomic E-state index is 11.7. The Kier molecular flexibility index (Phi) is 6.22. The molecule has 2 aromatic rings. The zero-order valence-corrected chi connectivity index (χ0v) is 17.3. The summed E-state index contributed by atoms with van der Waals surface area (Å²) in [6.45, 7) is 2.62. The summed E-state index contributed by atoms with van der Waals surface area (Å²) >= 11 is 8.63. The van der Waals surface area contributed by atoms with Crippen LogP contribution in [-0.2, 0) is 11.4 Å². The third-order valence-electron chi connectivity index (χ3n) is 3.66. The van der Waals surface area contributed by atoms with Gasteiger partial charge in [0.25, 0.3) is 5.91 Å². The van der Waals surface area contributed by atoms with E-state index in [2.05, 4.69) is 33.2 Å². The van der Waals surface area contributed by atoms with E-state index in [1.54, 1.807) is 12.1 Å². The van der Waals surface area contributed by atoms with Crippen molar-refractivity contribution in [2.24, 2.45) is 0 Å². The summed E-state index contributed by atoms with van der Waals surface area (Å²) in [5, 5.41) is 4.93. The Morgan fingerprint density at radius 1 is 1.11 bits per heavy atom. The molecule has 0 unspecified atom stereocenters. The largest absolute Gasteiger partial charge is 0.490 e. The zero-order valence-electron chi connectivity index (χ0n) is 14.3. The first kappa shape index (κ1) is 19.5. The summed E-state index contributed by atoms with van der Waals surface area (Å²) < 4.78 is 12.7. The van der Waals surface area contributed by atoms with Crippen LogP contribution in [0.15, 0.2) is 42.1 Å². The highest BCUT2D eigenvalue weighted by Crippen LogP contribution is 2.38. The molecule has 3 amide bonds. The molecule has 1 fully saturated rings. The molecule has 0 aromatic heterocycles. The van der Waals surface area contributed by atoms with Crippen molar-refractivity contribution in [1.29, 1.82) is 0 Å². The van der Waals surface area contributed by atoms with Gasteiger partial charge in [0.15, 0.2) is 11.5 Å². The molecule has 0 atom stereocenters. The van der Waals surface area contributed by atoms with Gasteiger partial charge in [-0.05, 0) is 71.0 Å². The zero-order chi connectivity index (χ0) is 19.4. The summed E-state index contributed by atoms with van der Waals surface area (Å²) in [6, 6.07) is 10.8. The topological polar surface area (TPSA) is 76.7 Å². The number of rotatable bonds is 6. The molecule has 8 heteroatoms. The molecule has 1 saturated heterocycles. The first-order valence-corrected chi connectivity index (χ1v) is 9.59. The van der Waals surface area contributed by atoms with Gasteiger partial charge in [0.2, 0.25) is 0 Å². The van der Waals surface area contributed by atoms with Crippen LogP contribution in [0, 0.1) is 3.57 Å². The Morgan fingerprint density at radius 2 is 1.85 bits per heavy atom. The highest BCUT2D eigenvalue weighted by Gasteiger charge is 2.23. The number of carbonyl (C=O) groups is 2.